The van der Waals surface area contributed by atoms with Gasteiger partial charge in [0.1, 0.15) is 0 Å². The third-order valence-electron chi connectivity index (χ3n) is 6.42. The highest BCUT2D eigenvalue weighted by molar-refractivity contribution is 5.95. The smallest absolute Gasteiger partial charge is 0.323 e. The first-order valence-electron chi connectivity index (χ1n) is 10.2. The molecule has 0 N–H and O–H groups in total. The van der Waals surface area contributed by atoms with E-state index in [9.17, 15) is 4.79 Å². The summed E-state index contributed by atoms with van der Waals surface area (Å²) in [4.78, 5) is 24.3. The zero-order valence-corrected chi connectivity index (χ0v) is 17.0. The van der Waals surface area contributed by atoms with E-state index in [1.165, 1.54) is 5.56 Å². The first-order chi connectivity index (χ1) is 13.4. The number of urea groups is 1. The van der Waals surface area contributed by atoms with Crippen molar-refractivity contribution in [1.82, 2.24) is 14.8 Å². The lowest BCUT2D eigenvalue weighted by Gasteiger charge is -2.60. The molecule has 5 rings (SSSR count). The molecule has 0 unspecified atom stereocenters. The van der Waals surface area contributed by atoms with Gasteiger partial charge in [-0.05, 0) is 24.6 Å². The molecule has 2 saturated heterocycles. The van der Waals surface area contributed by atoms with Gasteiger partial charge in [0, 0.05) is 55.8 Å². The van der Waals surface area contributed by atoms with Crippen molar-refractivity contribution in [2.75, 3.05) is 37.6 Å². The van der Waals surface area contributed by atoms with Crippen LogP contribution < -0.4 is 4.90 Å². The van der Waals surface area contributed by atoms with Crippen LogP contribution in [0, 0.1) is 12.3 Å². The number of benzene rings is 1. The lowest BCUT2D eigenvalue weighted by molar-refractivity contribution is -0.0973. The first kappa shape index (κ1) is 17.7. The second-order valence-electron chi connectivity index (χ2n) is 9.56. The molecule has 2 fully saturated rings. The predicted octanol–water partition coefficient (Wildman–Crippen LogP) is 3.43. The summed E-state index contributed by atoms with van der Waals surface area (Å²) in [5, 5.41) is 0. The maximum Gasteiger partial charge on any atom is 0.324 e. The fraction of sp³-hybridized carbons (Fsp3) is 0.478. The normalized spacial score (nSPS) is 22.0. The number of pyridine rings is 1. The molecular weight excluding hydrogens is 348 g/mol. The quantitative estimate of drug-likeness (QED) is 0.806. The van der Waals surface area contributed by atoms with Crippen molar-refractivity contribution in [1.29, 1.82) is 0 Å². The number of aryl methyl sites for hydroxylation is 1. The molecule has 3 aliphatic rings. The van der Waals surface area contributed by atoms with Gasteiger partial charge >= 0.3 is 6.03 Å². The van der Waals surface area contributed by atoms with Crippen LogP contribution in [0.3, 0.4) is 0 Å². The Morgan fingerprint density at radius 3 is 2.43 bits per heavy atom. The SMILES string of the molecule is Cc1ccc2c(n1)C(C)(C)CN2C(=O)N1CC2(CN(Cc3ccccc3)C2)C1. The molecule has 0 atom stereocenters. The molecular formula is C23H28N4O. The number of anilines is 1. The third kappa shape index (κ3) is 2.80. The highest BCUT2D eigenvalue weighted by atomic mass is 16.2. The van der Waals surface area contributed by atoms with E-state index in [0.29, 0.717) is 12.0 Å². The van der Waals surface area contributed by atoms with Gasteiger partial charge in [0.05, 0.1) is 11.4 Å². The number of carbonyl (C=O) groups is 1. The highest BCUT2D eigenvalue weighted by Gasteiger charge is 2.54. The molecule has 0 aliphatic carbocycles. The summed E-state index contributed by atoms with van der Waals surface area (Å²) >= 11 is 0. The van der Waals surface area contributed by atoms with Crippen molar-refractivity contribution in [2.45, 2.75) is 32.7 Å². The number of aromatic nitrogens is 1. The highest BCUT2D eigenvalue weighted by Crippen LogP contribution is 2.44. The van der Waals surface area contributed by atoms with Gasteiger partial charge in [0.2, 0.25) is 0 Å². The Kier molecular flexibility index (Phi) is 3.82. The number of likely N-dealkylation sites (tertiary alicyclic amines) is 2. The van der Waals surface area contributed by atoms with Crippen LogP contribution >= 0.6 is 0 Å². The summed E-state index contributed by atoms with van der Waals surface area (Å²) in [5.74, 6) is 0. The van der Waals surface area contributed by atoms with Crippen molar-refractivity contribution in [3.05, 3.63) is 59.4 Å². The molecule has 28 heavy (non-hydrogen) atoms. The predicted molar refractivity (Wildman–Crippen MR) is 110 cm³/mol. The van der Waals surface area contributed by atoms with E-state index in [0.717, 1.165) is 49.8 Å². The molecule has 2 aromatic rings. The molecule has 1 aromatic carbocycles. The minimum atomic E-state index is -0.0947. The van der Waals surface area contributed by atoms with Crippen LogP contribution in [0.4, 0.5) is 10.5 Å². The molecule has 3 aliphatic heterocycles. The van der Waals surface area contributed by atoms with Gasteiger partial charge in [-0.25, -0.2) is 4.79 Å². The van der Waals surface area contributed by atoms with E-state index in [-0.39, 0.29) is 11.4 Å². The minimum absolute atomic E-state index is 0.0947. The molecule has 146 valence electrons. The molecule has 0 saturated carbocycles. The van der Waals surface area contributed by atoms with Gasteiger partial charge in [-0.15, -0.1) is 0 Å². The van der Waals surface area contributed by atoms with Crippen LogP contribution in [-0.4, -0.2) is 53.5 Å². The Balaban J connectivity index is 1.21. The van der Waals surface area contributed by atoms with Gasteiger partial charge < -0.3 is 4.90 Å². The molecule has 0 radical (unpaired) electrons. The van der Waals surface area contributed by atoms with Gasteiger partial charge in [-0.2, -0.15) is 0 Å². The molecule has 0 bridgehead atoms. The number of hydrogen-bond acceptors (Lipinski definition) is 3. The fourth-order valence-corrected chi connectivity index (χ4v) is 5.12. The second kappa shape index (κ2) is 6.05. The summed E-state index contributed by atoms with van der Waals surface area (Å²) in [6.07, 6.45) is 0. The van der Waals surface area contributed by atoms with Crippen LogP contribution in [-0.2, 0) is 12.0 Å². The number of rotatable bonds is 2. The van der Waals surface area contributed by atoms with Gasteiger partial charge in [-0.3, -0.25) is 14.8 Å². The molecule has 2 amide bonds. The largest absolute Gasteiger partial charge is 0.324 e. The third-order valence-corrected chi connectivity index (χ3v) is 6.42. The van der Waals surface area contributed by atoms with E-state index in [1.807, 2.05) is 22.8 Å². The van der Waals surface area contributed by atoms with Crippen molar-refractivity contribution >= 4 is 11.7 Å². The van der Waals surface area contributed by atoms with Crippen LogP contribution in [0.1, 0.15) is 30.8 Å². The lowest BCUT2D eigenvalue weighted by atomic mass is 9.73. The van der Waals surface area contributed by atoms with E-state index in [1.54, 1.807) is 0 Å². The van der Waals surface area contributed by atoms with Gasteiger partial charge in [-0.1, -0.05) is 44.2 Å². The maximum atomic E-state index is 13.2. The molecule has 1 aromatic heterocycles. The summed E-state index contributed by atoms with van der Waals surface area (Å²) in [6.45, 7) is 12.0. The fourth-order valence-electron chi connectivity index (χ4n) is 5.12. The van der Waals surface area contributed by atoms with E-state index >= 15 is 0 Å². The average Bonchev–Trinajstić information content (AvgIpc) is 2.87. The number of fused-ring (bicyclic) bond motifs is 1. The van der Waals surface area contributed by atoms with Crippen molar-refractivity contribution < 1.29 is 4.79 Å². The Labute approximate surface area is 167 Å². The monoisotopic (exact) mass is 376 g/mol. The summed E-state index contributed by atoms with van der Waals surface area (Å²) < 4.78 is 0. The van der Waals surface area contributed by atoms with Gasteiger partial charge in [0.25, 0.3) is 0 Å². The number of hydrogen-bond donors (Lipinski definition) is 0. The minimum Gasteiger partial charge on any atom is -0.323 e. The van der Waals surface area contributed by atoms with E-state index < -0.39 is 0 Å². The first-order valence-corrected chi connectivity index (χ1v) is 10.2. The number of carbonyl (C=O) groups excluding carboxylic acids is 1. The Bertz CT molecular complexity index is 909. The van der Waals surface area contributed by atoms with Crippen molar-refractivity contribution in [3.63, 3.8) is 0 Å². The molecule has 5 heteroatoms. The van der Waals surface area contributed by atoms with Crippen molar-refractivity contribution in [2.24, 2.45) is 5.41 Å². The second-order valence-corrected chi connectivity index (χ2v) is 9.56. The summed E-state index contributed by atoms with van der Waals surface area (Å²) in [7, 11) is 0. The Morgan fingerprint density at radius 2 is 1.71 bits per heavy atom. The average molecular weight is 377 g/mol. The zero-order chi connectivity index (χ0) is 19.5. The summed E-state index contributed by atoms with van der Waals surface area (Å²) in [6, 6.07) is 14.8. The molecule has 5 nitrogen and oxygen atoms in total. The topological polar surface area (TPSA) is 39.7 Å². The molecule has 4 heterocycles. The number of amides is 2. The molecule has 1 spiro atoms. The van der Waals surface area contributed by atoms with Crippen LogP contribution in [0.15, 0.2) is 42.5 Å². The van der Waals surface area contributed by atoms with Crippen LogP contribution in [0.5, 0.6) is 0 Å². The Hall–Kier alpha value is -2.40. The Morgan fingerprint density at radius 1 is 1.00 bits per heavy atom. The summed E-state index contributed by atoms with van der Waals surface area (Å²) in [5.41, 5.74) is 4.63. The standard InChI is InChI=1S/C23H28N4O/c1-17-9-10-19-20(24-17)22(2,3)12-27(19)21(28)26-15-23(16-26)13-25(14-23)11-18-7-5-4-6-8-18/h4-10H,11-16H2,1-3H3. The van der Waals surface area contributed by atoms with Crippen molar-refractivity contribution in [3.8, 4) is 0 Å². The van der Waals surface area contributed by atoms with Gasteiger partial charge in [0.15, 0.2) is 0 Å². The van der Waals surface area contributed by atoms with Crippen LogP contribution in [0.25, 0.3) is 0 Å². The van der Waals surface area contributed by atoms with Crippen LogP contribution in [0.2, 0.25) is 0 Å². The van der Waals surface area contributed by atoms with E-state index in [2.05, 4.69) is 55.1 Å². The lowest BCUT2D eigenvalue weighted by Crippen LogP contribution is -2.73. The maximum absolute atomic E-state index is 13.2. The zero-order valence-electron chi connectivity index (χ0n) is 17.0. The van der Waals surface area contributed by atoms with E-state index in [4.69, 9.17) is 4.98 Å². The number of nitrogens with zero attached hydrogens (tertiary/aromatic N) is 4.